The van der Waals surface area contributed by atoms with E-state index in [1.807, 2.05) is 4.90 Å². The molecule has 0 aromatic heterocycles. The molecule has 0 spiro atoms. The van der Waals surface area contributed by atoms with Crippen LogP contribution in [-0.2, 0) is 17.6 Å². The van der Waals surface area contributed by atoms with Crippen LogP contribution in [0.1, 0.15) is 17.5 Å². The Balaban J connectivity index is 1.57. The minimum atomic E-state index is 0.307. The minimum absolute atomic E-state index is 0.307. The molecule has 0 unspecified atom stereocenters. The molecule has 1 amide bonds. The second-order valence-electron chi connectivity index (χ2n) is 5.80. The molecule has 1 aromatic carbocycles. The van der Waals surface area contributed by atoms with E-state index in [1.165, 1.54) is 16.8 Å². The lowest BCUT2D eigenvalue weighted by Crippen LogP contribution is -2.47. The molecule has 1 saturated heterocycles. The van der Waals surface area contributed by atoms with Crippen molar-refractivity contribution in [3.8, 4) is 0 Å². The molecule has 1 aromatic rings. The quantitative estimate of drug-likeness (QED) is 0.903. The van der Waals surface area contributed by atoms with Crippen LogP contribution >= 0.6 is 0 Å². The van der Waals surface area contributed by atoms with Gasteiger partial charge in [-0.25, -0.2) is 0 Å². The van der Waals surface area contributed by atoms with Gasteiger partial charge in [0.1, 0.15) is 0 Å². The maximum Gasteiger partial charge on any atom is 0.222 e. The number of hydrogen-bond donors (Lipinski definition) is 1. The zero-order chi connectivity index (χ0) is 13.9. The largest absolute Gasteiger partial charge is 0.384 e. The van der Waals surface area contributed by atoms with Crippen LogP contribution in [0.4, 0.5) is 5.69 Å². The van der Waals surface area contributed by atoms with Gasteiger partial charge in [-0.05, 0) is 37.1 Å². The highest BCUT2D eigenvalue weighted by molar-refractivity contribution is 5.76. The van der Waals surface area contributed by atoms with Crippen LogP contribution < -0.4 is 5.32 Å². The third-order valence-corrected chi connectivity index (χ3v) is 4.43. The molecule has 0 atom stereocenters. The molecule has 108 valence electrons. The van der Waals surface area contributed by atoms with Crippen molar-refractivity contribution in [3.63, 3.8) is 0 Å². The number of hydrogen-bond acceptors (Lipinski definition) is 3. The zero-order valence-electron chi connectivity index (χ0n) is 12.2. The van der Waals surface area contributed by atoms with Crippen molar-refractivity contribution >= 4 is 11.6 Å². The third kappa shape index (κ3) is 2.80. The van der Waals surface area contributed by atoms with Crippen molar-refractivity contribution in [3.05, 3.63) is 29.3 Å². The molecule has 20 heavy (non-hydrogen) atoms. The van der Waals surface area contributed by atoms with Gasteiger partial charge in [-0.15, -0.1) is 0 Å². The Bertz CT molecular complexity index is 492. The third-order valence-electron chi connectivity index (χ3n) is 4.43. The van der Waals surface area contributed by atoms with Gasteiger partial charge in [0.05, 0.1) is 0 Å². The first-order valence-electron chi connectivity index (χ1n) is 7.55. The van der Waals surface area contributed by atoms with Crippen molar-refractivity contribution in [1.29, 1.82) is 0 Å². The molecule has 2 heterocycles. The summed E-state index contributed by atoms with van der Waals surface area (Å²) in [6.07, 6.45) is 2.60. The highest BCUT2D eigenvalue weighted by atomic mass is 16.2. The number of benzene rings is 1. The number of nitrogens with one attached hydrogen (secondary N) is 1. The molecule has 4 heteroatoms. The summed E-state index contributed by atoms with van der Waals surface area (Å²) < 4.78 is 0. The lowest BCUT2D eigenvalue weighted by atomic mass is 10.0. The highest BCUT2D eigenvalue weighted by Crippen LogP contribution is 2.26. The molecule has 2 aliphatic heterocycles. The van der Waals surface area contributed by atoms with Crippen LogP contribution in [0.2, 0.25) is 0 Å². The van der Waals surface area contributed by atoms with E-state index in [-0.39, 0.29) is 0 Å². The normalized spacial score (nSPS) is 18.8. The van der Waals surface area contributed by atoms with E-state index in [4.69, 9.17) is 0 Å². The molecule has 1 fully saturated rings. The average molecular weight is 273 g/mol. The number of anilines is 1. The Morgan fingerprint density at radius 3 is 2.85 bits per heavy atom. The van der Waals surface area contributed by atoms with Gasteiger partial charge in [0.15, 0.2) is 0 Å². The Kier molecular flexibility index (Phi) is 3.92. The second-order valence-corrected chi connectivity index (χ2v) is 5.80. The molecular weight excluding hydrogens is 250 g/mol. The predicted octanol–water partition coefficient (Wildman–Crippen LogP) is 1.36. The lowest BCUT2D eigenvalue weighted by Gasteiger charge is -2.32. The molecule has 0 aliphatic carbocycles. The molecule has 1 N–H and O–H groups in total. The van der Waals surface area contributed by atoms with Gasteiger partial charge in [0.2, 0.25) is 5.91 Å². The fourth-order valence-electron chi connectivity index (χ4n) is 3.11. The standard InChI is InChI=1S/C16H23N3O/c1-18-9-11-19(12-10-18)16(20)6-5-13-3-2-4-15-14(13)7-8-17-15/h2-4,17H,5-12H2,1H3. The summed E-state index contributed by atoms with van der Waals surface area (Å²) >= 11 is 0. The predicted molar refractivity (Wildman–Crippen MR) is 81.0 cm³/mol. The molecule has 0 radical (unpaired) electrons. The number of likely N-dealkylation sites (N-methyl/N-ethyl adjacent to an activating group) is 1. The molecule has 0 saturated carbocycles. The van der Waals surface area contributed by atoms with E-state index >= 15 is 0 Å². The second kappa shape index (κ2) is 5.83. The zero-order valence-corrected chi connectivity index (χ0v) is 12.2. The Labute approximate surface area is 120 Å². The summed E-state index contributed by atoms with van der Waals surface area (Å²) in [6.45, 7) is 4.78. The van der Waals surface area contributed by atoms with Crippen molar-refractivity contribution in [1.82, 2.24) is 9.80 Å². The van der Waals surface area contributed by atoms with E-state index in [0.717, 1.165) is 45.6 Å². The molecule has 0 bridgehead atoms. The maximum absolute atomic E-state index is 12.3. The SMILES string of the molecule is CN1CCN(C(=O)CCc2cccc3c2CCN3)CC1. The summed E-state index contributed by atoms with van der Waals surface area (Å²) in [4.78, 5) is 16.6. The average Bonchev–Trinajstić information content (AvgIpc) is 2.94. The minimum Gasteiger partial charge on any atom is -0.384 e. The first-order chi connectivity index (χ1) is 9.74. The van der Waals surface area contributed by atoms with Crippen LogP contribution in [0.15, 0.2) is 18.2 Å². The number of nitrogens with zero attached hydrogens (tertiary/aromatic N) is 2. The topological polar surface area (TPSA) is 35.6 Å². The van der Waals surface area contributed by atoms with Gasteiger partial charge in [0.25, 0.3) is 0 Å². The number of amides is 1. The molecule has 2 aliphatic rings. The Morgan fingerprint density at radius 2 is 2.05 bits per heavy atom. The van der Waals surface area contributed by atoms with Crippen molar-refractivity contribution in [2.45, 2.75) is 19.3 Å². The van der Waals surface area contributed by atoms with Crippen LogP contribution in [0.3, 0.4) is 0 Å². The van der Waals surface area contributed by atoms with Crippen LogP contribution in [0, 0.1) is 0 Å². The number of carbonyl (C=O) groups excluding carboxylic acids is 1. The number of carbonyl (C=O) groups is 1. The van der Waals surface area contributed by atoms with Gasteiger partial charge in [-0.3, -0.25) is 4.79 Å². The number of aryl methyl sites for hydroxylation is 1. The highest BCUT2D eigenvalue weighted by Gasteiger charge is 2.20. The van der Waals surface area contributed by atoms with E-state index in [9.17, 15) is 4.79 Å². The van der Waals surface area contributed by atoms with Crippen molar-refractivity contribution in [2.24, 2.45) is 0 Å². The first-order valence-corrected chi connectivity index (χ1v) is 7.55. The first kappa shape index (κ1) is 13.4. The lowest BCUT2D eigenvalue weighted by molar-refractivity contribution is -0.132. The fraction of sp³-hybridized carbons (Fsp3) is 0.562. The summed E-state index contributed by atoms with van der Waals surface area (Å²) in [5.41, 5.74) is 4.02. The van der Waals surface area contributed by atoms with Crippen LogP contribution in [0.25, 0.3) is 0 Å². The Hall–Kier alpha value is -1.55. The van der Waals surface area contributed by atoms with Gasteiger partial charge < -0.3 is 15.1 Å². The number of fused-ring (bicyclic) bond motifs is 1. The number of rotatable bonds is 3. The summed E-state index contributed by atoms with van der Waals surface area (Å²) in [5, 5.41) is 3.40. The maximum atomic E-state index is 12.3. The van der Waals surface area contributed by atoms with Gasteiger partial charge in [-0.2, -0.15) is 0 Å². The smallest absolute Gasteiger partial charge is 0.222 e. The van der Waals surface area contributed by atoms with Gasteiger partial charge in [0, 0.05) is 44.8 Å². The molecule has 3 rings (SSSR count). The summed E-state index contributed by atoms with van der Waals surface area (Å²) in [6, 6.07) is 6.39. The van der Waals surface area contributed by atoms with Gasteiger partial charge >= 0.3 is 0 Å². The summed E-state index contributed by atoms with van der Waals surface area (Å²) in [5.74, 6) is 0.307. The summed E-state index contributed by atoms with van der Waals surface area (Å²) in [7, 11) is 2.11. The van der Waals surface area contributed by atoms with Crippen molar-refractivity contribution < 1.29 is 4.79 Å². The van der Waals surface area contributed by atoms with E-state index in [2.05, 4.69) is 35.5 Å². The van der Waals surface area contributed by atoms with Crippen LogP contribution in [-0.4, -0.2) is 55.5 Å². The van der Waals surface area contributed by atoms with E-state index < -0.39 is 0 Å². The van der Waals surface area contributed by atoms with Crippen LogP contribution in [0.5, 0.6) is 0 Å². The van der Waals surface area contributed by atoms with E-state index in [0.29, 0.717) is 12.3 Å². The van der Waals surface area contributed by atoms with Crippen molar-refractivity contribution in [2.75, 3.05) is 45.1 Å². The number of piperazine rings is 1. The monoisotopic (exact) mass is 273 g/mol. The van der Waals surface area contributed by atoms with E-state index in [1.54, 1.807) is 0 Å². The molecular formula is C16H23N3O. The Morgan fingerprint density at radius 1 is 1.25 bits per heavy atom. The van der Waals surface area contributed by atoms with Gasteiger partial charge in [-0.1, -0.05) is 12.1 Å². The fourth-order valence-corrected chi connectivity index (χ4v) is 3.11. The molecule has 4 nitrogen and oxygen atoms in total.